The minimum atomic E-state index is -4.70. The van der Waals surface area contributed by atoms with Gasteiger partial charge >= 0.3 is 5.97 Å². The Morgan fingerprint density at radius 1 is 0.545 bits per heavy atom. The monoisotopic (exact) mass is 947 g/mol. The second-order valence-corrected chi connectivity index (χ2v) is 20.8. The third kappa shape index (κ3) is 46.8. The van der Waals surface area contributed by atoms with E-state index in [2.05, 4.69) is 74.7 Å². The van der Waals surface area contributed by atoms with Crippen molar-refractivity contribution in [1.29, 1.82) is 0 Å². The quantitative estimate of drug-likeness (QED) is 0.0161. The largest absolute Gasteiger partial charge is 0.756 e. The number of nitrogens with zero attached hydrogens (tertiary/aromatic N) is 1. The van der Waals surface area contributed by atoms with Gasteiger partial charge in [-0.1, -0.05) is 204 Å². The molecule has 1 N–H and O–H groups in total. The Morgan fingerprint density at radius 3 is 1.50 bits per heavy atom. The summed E-state index contributed by atoms with van der Waals surface area (Å²) in [7, 11) is 1.16. The highest BCUT2D eigenvalue weighted by molar-refractivity contribution is 7.45. The molecule has 0 rings (SSSR count). The van der Waals surface area contributed by atoms with Crippen LogP contribution in [0.1, 0.15) is 233 Å². The van der Waals surface area contributed by atoms with E-state index in [-0.39, 0.29) is 24.9 Å². The molecular weight excluding hydrogens is 844 g/mol. The summed E-state index contributed by atoms with van der Waals surface area (Å²) in [6, 6.07) is -0.900. The first-order valence-electron chi connectivity index (χ1n) is 27.1. The molecule has 0 fully saturated rings. The Labute approximate surface area is 407 Å². The maximum atomic E-state index is 13.4. The topological polar surface area (TPSA) is 114 Å². The van der Waals surface area contributed by atoms with Crippen molar-refractivity contribution in [2.75, 3.05) is 40.9 Å². The van der Waals surface area contributed by atoms with Gasteiger partial charge < -0.3 is 28.5 Å². The number of amides is 1. The Kier molecular flexibility index (Phi) is 44.8. The standard InChI is InChI=1S/C56H103N2O7P/c1-7-10-13-16-19-22-25-28-29-31-34-37-40-43-46-49-56(60)65-54(47-44-41-38-35-32-27-24-21-18-15-12-9-3)53(52-64-66(61,62)63-51-50-58(4,5)6)57-55(59)48-45-42-39-36-33-30-26-23-20-17-14-11-8-2/h10,13,16,19,22,25,30,33,44,47,53-54H,7-9,11-12,14-15,17-18,20-21,23-24,26-29,31-32,34-43,45-46,48-52H2,1-6H3,(H-,57,59,61,62)/b13-10+,19-16+,25-22+,33-30-,47-44+. The molecule has 0 spiro atoms. The van der Waals surface area contributed by atoms with Crippen LogP contribution in [0.2, 0.25) is 0 Å². The molecule has 3 unspecified atom stereocenters. The van der Waals surface area contributed by atoms with Crippen LogP contribution in [0.25, 0.3) is 0 Å². The van der Waals surface area contributed by atoms with Crippen molar-refractivity contribution in [2.45, 2.75) is 245 Å². The van der Waals surface area contributed by atoms with Crippen LogP contribution in [0.3, 0.4) is 0 Å². The Morgan fingerprint density at radius 2 is 0.985 bits per heavy atom. The second-order valence-electron chi connectivity index (χ2n) is 19.4. The average molecular weight is 947 g/mol. The molecule has 0 aromatic carbocycles. The number of hydrogen-bond donors (Lipinski definition) is 1. The molecule has 0 bridgehead atoms. The molecule has 10 heteroatoms. The van der Waals surface area contributed by atoms with Crippen molar-refractivity contribution in [1.82, 2.24) is 5.32 Å². The summed E-state index contributed by atoms with van der Waals surface area (Å²) in [6.07, 6.45) is 56.1. The van der Waals surface area contributed by atoms with Gasteiger partial charge in [-0.2, -0.15) is 0 Å². The number of carbonyl (C=O) groups is 2. The number of hydrogen-bond acceptors (Lipinski definition) is 7. The van der Waals surface area contributed by atoms with Gasteiger partial charge in [0.25, 0.3) is 7.82 Å². The fourth-order valence-electron chi connectivity index (χ4n) is 7.52. The van der Waals surface area contributed by atoms with E-state index in [9.17, 15) is 19.0 Å². The van der Waals surface area contributed by atoms with E-state index in [0.29, 0.717) is 30.3 Å². The van der Waals surface area contributed by atoms with Gasteiger partial charge in [-0.05, 0) is 76.7 Å². The van der Waals surface area contributed by atoms with Gasteiger partial charge in [0.05, 0.1) is 33.8 Å². The number of nitrogens with one attached hydrogen (secondary N) is 1. The first-order valence-corrected chi connectivity index (χ1v) is 28.6. The summed E-state index contributed by atoms with van der Waals surface area (Å²) >= 11 is 0. The lowest BCUT2D eigenvalue weighted by molar-refractivity contribution is -0.870. The predicted octanol–water partition coefficient (Wildman–Crippen LogP) is 15.3. The number of esters is 1. The van der Waals surface area contributed by atoms with E-state index < -0.39 is 26.6 Å². The van der Waals surface area contributed by atoms with Crippen LogP contribution in [0.4, 0.5) is 0 Å². The molecule has 1 amide bonds. The lowest BCUT2D eigenvalue weighted by Gasteiger charge is -2.30. The number of quaternary nitrogens is 1. The fourth-order valence-corrected chi connectivity index (χ4v) is 8.24. The first-order chi connectivity index (χ1) is 31.9. The van der Waals surface area contributed by atoms with E-state index in [4.69, 9.17) is 13.8 Å². The molecule has 3 atom stereocenters. The van der Waals surface area contributed by atoms with Crippen LogP contribution in [0, 0.1) is 0 Å². The maximum absolute atomic E-state index is 13.4. The normalized spacial score (nSPS) is 14.3. The van der Waals surface area contributed by atoms with E-state index in [1.807, 2.05) is 33.3 Å². The van der Waals surface area contributed by atoms with Gasteiger partial charge in [0.15, 0.2) is 0 Å². The molecule has 0 aromatic heterocycles. The van der Waals surface area contributed by atoms with Crippen LogP contribution in [0.15, 0.2) is 60.8 Å². The zero-order valence-electron chi connectivity index (χ0n) is 43.6. The highest BCUT2D eigenvalue weighted by Crippen LogP contribution is 2.38. The van der Waals surface area contributed by atoms with Crippen molar-refractivity contribution in [2.24, 2.45) is 0 Å². The number of phosphoric acid groups is 1. The highest BCUT2D eigenvalue weighted by Gasteiger charge is 2.27. The molecule has 0 aromatic rings. The zero-order valence-corrected chi connectivity index (χ0v) is 44.5. The van der Waals surface area contributed by atoms with Gasteiger partial charge in [0.1, 0.15) is 19.3 Å². The summed E-state index contributed by atoms with van der Waals surface area (Å²) in [5, 5.41) is 3.00. The molecule has 66 heavy (non-hydrogen) atoms. The Balaban J connectivity index is 5.44. The highest BCUT2D eigenvalue weighted by atomic mass is 31.2. The van der Waals surface area contributed by atoms with Crippen LogP contribution < -0.4 is 10.2 Å². The fraction of sp³-hybridized carbons (Fsp3) is 0.786. The van der Waals surface area contributed by atoms with Crippen molar-refractivity contribution in [3.05, 3.63) is 60.8 Å². The van der Waals surface area contributed by atoms with E-state index in [1.54, 1.807) is 0 Å². The summed E-state index contributed by atoms with van der Waals surface area (Å²) in [5.74, 6) is -0.575. The van der Waals surface area contributed by atoms with Crippen molar-refractivity contribution < 1.29 is 37.3 Å². The summed E-state index contributed by atoms with van der Waals surface area (Å²) in [4.78, 5) is 39.7. The number of unbranched alkanes of at least 4 members (excludes halogenated alkanes) is 26. The molecule has 0 aliphatic carbocycles. The number of rotatable bonds is 48. The van der Waals surface area contributed by atoms with Crippen LogP contribution >= 0.6 is 7.82 Å². The SMILES string of the molecule is CC/C=C/C=C/C=C/CCCCCCCCCC(=O)OC(/C=C/CCCCCCCCCCCC)C(COP(=O)([O-])OCC[N+](C)(C)C)NC(=O)CCCCC/C=C\CCCCCCCC. The third-order valence-corrected chi connectivity index (χ3v) is 12.7. The first kappa shape index (κ1) is 63.7. The lowest BCUT2D eigenvalue weighted by atomic mass is 10.0. The Hall–Kier alpha value is -2.29. The minimum absolute atomic E-state index is 0.0285. The van der Waals surface area contributed by atoms with Gasteiger partial charge in [0.2, 0.25) is 5.91 Å². The lowest BCUT2D eigenvalue weighted by Crippen LogP contribution is -2.47. The van der Waals surface area contributed by atoms with Crippen LogP contribution in [0.5, 0.6) is 0 Å². The number of likely N-dealkylation sites (N-methyl/N-ethyl adjacent to an activating group) is 1. The van der Waals surface area contributed by atoms with Crippen LogP contribution in [-0.4, -0.2) is 69.4 Å². The van der Waals surface area contributed by atoms with Gasteiger partial charge in [0, 0.05) is 12.8 Å². The van der Waals surface area contributed by atoms with Crippen molar-refractivity contribution >= 4 is 19.7 Å². The zero-order chi connectivity index (χ0) is 48.7. The molecule has 0 aliphatic rings. The summed E-state index contributed by atoms with van der Waals surface area (Å²) in [5.41, 5.74) is 0. The van der Waals surface area contributed by atoms with Gasteiger partial charge in [-0.25, -0.2) is 0 Å². The number of carbonyl (C=O) groups excluding carboxylic acids is 2. The minimum Gasteiger partial charge on any atom is -0.756 e. The molecule has 384 valence electrons. The van der Waals surface area contributed by atoms with E-state index in [0.717, 1.165) is 77.0 Å². The maximum Gasteiger partial charge on any atom is 0.306 e. The molecular formula is C56H103N2O7P. The second kappa shape index (κ2) is 46.4. The van der Waals surface area contributed by atoms with E-state index in [1.165, 1.54) is 109 Å². The van der Waals surface area contributed by atoms with Crippen molar-refractivity contribution in [3.63, 3.8) is 0 Å². The summed E-state index contributed by atoms with van der Waals surface area (Å²) in [6.45, 7) is 6.67. The van der Waals surface area contributed by atoms with Gasteiger partial charge in [-0.15, -0.1) is 0 Å². The molecule has 0 saturated heterocycles. The number of ether oxygens (including phenoxy) is 1. The molecule has 9 nitrogen and oxygen atoms in total. The molecule has 0 heterocycles. The molecule has 0 saturated carbocycles. The number of allylic oxidation sites excluding steroid dienone is 9. The Bertz CT molecular complexity index is 1320. The molecule has 0 aliphatic heterocycles. The predicted molar refractivity (Wildman–Crippen MR) is 279 cm³/mol. The number of phosphoric ester groups is 1. The molecule has 0 radical (unpaired) electrons. The smallest absolute Gasteiger partial charge is 0.306 e. The van der Waals surface area contributed by atoms with Gasteiger partial charge in [-0.3, -0.25) is 14.2 Å². The van der Waals surface area contributed by atoms with Crippen LogP contribution in [-0.2, 0) is 27.9 Å². The van der Waals surface area contributed by atoms with Crippen molar-refractivity contribution in [3.8, 4) is 0 Å². The van der Waals surface area contributed by atoms with E-state index >= 15 is 0 Å². The average Bonchev–Trinajstić information content (AvgIpc) is 3.27. The third-order valence-electron chi connectivity index (χ3n) is 11.7. The summed E-state index contributed by atoms with van der Waals surface area (Å²) < 4.78 is 30.1.